The third-order valence-corrected chi connectivity index (χ3v) is 4.09. The molecule has 0 bridgehead atoms. The summed E-state index contributed by atoms with van der Waals surface area (Å²) < 4.78 is 2.09. The molecule has 0 saturated heterocycles. The van der Waals surface area contributed by atoms with Gasteiger partial charge in [0.2, 0.25) is 8.30 Å². The zero-order valence-electron chi connectivity index (χ0n) is 4.95. The second kappa shape index (κ2) is 6.00. The average Bonchev–Trinajstić information content (AvgIpc) is 1.83. The molecular formula is C4H9BrNSi2. The summed E-state index contributed by atoms with van der Waals surface area (Å²) in [6.45, 7) is 3.33. The molecule has 0 fully saturated rings. The standard InChI is InChI=1S/C4H9BrNSi2/c1-2-3-4-6(7)8-5/h2-4H2,1H3. The highest BCUT2D eigenvalue weighted by Crippen LogP contribution is 1.90. The molecule has 4 heteroatoms. The van der Waals surface area contributed by atoms with Crippen LogP contribution in [0.15, 0.2) is 0 Å². The zero-order valence-corrected chi connectivity index (χ0v) is 8.53. The van der Waals surface area contributed by atoms with E-state index in [9.17, 15) is 0 Å². The Balaban J connectivity index is 2.86. The zero-order chi connectivity index (χ0) is 6.41. The number of nitrogens with zero attached hydrogens (tertiary/aromatic N) is 1. The van der Waals surface area contributed by atoms with E-state index in [1.54, 1.807) is 0 Å². The smallest absolute Gasteiger partial charge is 0.230 e. The third-order valence-electron chi connectivity index (χ3n) is 0.837. The first kappa shape index (κ1) is 8.87. The number of hydrogen-bond acceptors (Lipinski definition) is 1. The molecule has 0 N–H and O–H groups in total. The largest absolute Gasteiger partial charge is 0.341 e. The Morgan fingerprint density at radius 1 is 1.75 bits per heavy atom. The Hall–Kier alpha value is 0.874. The van der Waals surface area contributed by atoms with Gasteiger partial charge in [0.25, 0.3) is 0 Å². The van der Waals surface area contributed by atoms with Crippen molar-refractivity contribution < 1.29 is 0 Å². The maximum Gasteiger partial charge on any atom is 0.230 e. The quantitative estimate of drug-likeness (QED) is 0.493. The third kappa shape index (κ3) is 5.02. The van der Waals surface area contributed by atoms with E-state index in [2.05, 4.69) is 36.9 Å². The van der Waals surface area contributed by atoms with Gasteiger partial charge in [0.15, 0.2) is 0 Å². The monoisotopic (exact) mass is 206 g/mol. The maximum absolute atomic E-state index is 3.42. The van der Waals surface area contributed by atoms with Crippen molar-refractivity contribution in [3.8, 4) is 0 Å². The number of halogens is 1. The Morgan fingerprint density at radius 3 is 2.75 bits per heavy atom. The van der Waals surface area contributed by atoms with Gasteiger partial charge in [-0.05, 0) is 13.0 Å². The fraction of sp³-hybridized carbons (Fsp3) is 1.00. The van der Waals surface area contributed by atoms with Crippen LogP contribution in [0, 0.1) is 0 Å². The summed E-state index contributed by atoms with van der Waals surface area (Å²) in [5.41, 5.74) is 0. The lowest BCUT2D eigenvalue weighted by Gasteiger charge is -2.08. The minimum absolute atomic E-state index is 0.701. The summed E-state index contributed by atoms with van der Waals surface area (Å²) in [6, 6.07) is 0. The van der Waals surface area contributed by atoms with Crippen LogP contribution >= 0.6 is 15.3 Å². The van der Waals surface area contributed by atoms with Crippen LogP contribution in [-0.4, -0.2) is 29.5 Å². The van der Waals surface area contributed by atoms with Gasteiger partial charge >= 0.3 is 0 Å². The Morgan fingerprint density at radius 2 is 2.38 bits per heavy atom. The van der Waals surface area contributed by atoms with Crippen molar-refractivity contribution in [2.24, 2.45) is 0 Å². The first-order chi connectivity index (χ1) is 3.81. The van der Waals surface area contributed by atoms with E-state index in [1.165, 1.54) is 12.8 Å². The molecule has 0 aromatic carbocycles. The van der Waals surface area contributed by atoms with Crippen molar-refractivity contribution in [2.75, 3.05) is 6.54 Å². The second-order valence-electron chi connectivity index (χ2n) is 1.59. The Bertz CT molecular complexity index is 53.3. The molecule has 0 unspecified atom stereocenters. The predicted molar refractivity (Wildman–Crippen MR) is 42.0 cm³/mol. The van der Waals surface area contributed by atoms with E-state index in [0.717, 1.165) is 6.54 Å². The van der Waals surface area contributed by atoms with E-state index in [-0.39, 0.29) is 0 Å². The summed E-state index contributed by atoms with van der Waals surface area (Å²) in [4.78, 5) is 0. The lowest BCUT2D eigenvalue weighted by molar-refractivity contribution is 0.632. The van der Waals surface area contributed by atoms with Crippen LogP contribution in [0.25, 0.3) is 0 Å². The van der Waals surface area contributed by atoms with Crippen LogP contribution in [0.1, 0.15) is 19.8 Å². The average molecular weight is 207 g/mol. The van der Waals surface area contributed by atoms with Crippen molar-refractivity contribution in [3.63, 3.8) is 0 Å². The molecule has 1 nitrogen and oxygen atoms in total. The number of hydrogen-bond donors (Lipinski definition) is 0. The topological polar surface area (TPSA) is 3.24 Å². The molecule has 0 heterocycles. The normalized spacial score (nSPS) is 10.5. The minimum Gasteiger partial charge on any atom is -0.341 e. The van der Waals surface area contributed by atoms with Crippen LogP contribution in [0.5, 0.6) is 0 Å². The molecule has 0 aromatic heterocycles. The Kier molecular flexibility index (Phi) is 6.66. The first-order valence-corrected chi connectivity index (χ1v) is 6.31. The van der Waals surface area contributed by atoms with Crippen molar-refractivity contribution in [3.05, 3.63) is 0 Å². The molecule has 0 spiro atoms. The van der Waals surface area contributed by atoms with Gasteiger partial charge in [-0.1, -0.05) is 13.3 Å². The molecule has 0 aliphatic rings. The van der Waals surface area contributed by atoms with Crippen LogP contribution in [-0.2, 0) is 0 Å². The molecule has 0 aliphatic heterocycles. The van der Waals surface area contributed by atoms with Crippen molar-refractivity contribution in [1.29, 1.82) is 0 Å². The molecule has 0 rings (SSSR count). The number of unbranched alkanes of at least 4 members (excludes halogenated alkanes) is 1. The van der Waals surface area contributed by atoms with Gasteiger partial charge in [0.1, 0.15) is 10.4 Å². The summed E-state index contributed by atoms with van der Waals surface area (Å²) in [6.07, 6.45) is 2.53. The highest BCUT2D eigenvalue weighted by atomic mass is 79.9. The van der Waals surface area contributed by atoms with Crippen molar-refractivity contribution >= 4 is 34.0 Å². The summed E-state index contributed by atoms with van der Waals surface area (Å²) >= 11 is 3.35. The van der Waals surface area contributed by atoms with Gasteiger partial charge in [-0.25, -0.2) is 0 Å². The van der Waals surface area contributed by atoms with Gasteiger partial charge in [-0.3, -0.25) is 0 Å². The molecule has 5 radical (unpaired) electrons. The molecule has 8 heavy (non-hydrogen) atoms. The lowest BCUT2D eigenvalue weighted by atomic mass is 10.3. The van der Waals surface area contributed by atoms with Crippen LogP contribution in [0.3, 0.4) is 0 Å². The highest BCUT2D eigenvalue weighted by molar-refractivity contribution is 9.23. The number of rotatable bonds is 4. The highest BCUT2D eigenvalue weighted by Gasteiger charge is 1.92. The molecule has 45 valence electrons. The van der Waals surface area contributed by atoms with Crippen LogP contribution in [0.2, 0.25) is 0 Å². The predicted octanol–water partition coefficient (Wildman–Crippen LogP) is 1.10. The van der Waals surface area contributed by atoms with Gasteiger partial charge in [0, 0.05) is 0 Å². The molecule has 0 saturated carbocycles. The molecule has 0 aromatic rings. The van der Waals surface area contributed by atoms with Gasteiger partial charge in [0.05, 0.1) is 0 Å². The minimum atomic E-state index is 0.701. The molecular weight excluding hydrogens is 198 g/mol. The summed E-state index contributed by atoms with van der Waals surface area (Å²) in [7, 11) is 4.12. The van der Waals surface area contributed by atoms with E-state index in [1.807, 2.05) is 0 Å². The summed E-state index contributed by atoms with van der Waals surface area (Å²) in [5.74, 6) is 0. The van der Waals surface area contributed by atoms with Crippen molar-refractivity contribution in [1.82, 2.24) is 4.23 Å². The lowest BCUT2D eigenvalue weighted by Crippen LogP contribution is -2.21. The van der Waals surface area contributed by atoms with Gasteiger partial charge in [-0.2, -0.15) is 0 Å². The molecule has 0 amide bonds. The molecule has 0 aliphatic carbocycles. The van der Waals surface area contributed by atoms with Crippen molar-refractivity contribution in [2.45, 2.75) is 19.8 Å². The fourth-order valence-electron chi connectivity index (χ4n) is 0.358. The fourth-order valence-corrected chi connectivity index (χ4v) is 1.29. The Labute approximate surface area is 64.8 Å². The van der Waals surface area contributed by atoms with E-state index in [0.29, 0.717) is 8.30 Å². The second-order valence-corrected chi connectivity index (χ2v) is 4.35. The first-order valence-electron chi connectivity index (χ1n) is 2.66. The SMILES string of the molecule is CCCCN([Si])[Si]Br. The molecule has 0 atom stereocenters. The van der Waals surface area contributed by atoms with E-state index >= 15 is 0 Å². The van der Waals surface area contributed by atoms with Crippen LogP contribution in [0.4, 0.5) is 0 Å². The van der Waals surface area contributed by atoms with Gasteiger partial charge < -0.3 is 4.23 Å². The maximum atomic E-state index is 3.42. The van der Waals surface area contributed by atoms with E-state index < -0.39 is 0 Å². The van der Waals surface area contributed by atoms with E-state index in [4.69, 9.17) is 0 Å². The van der Waals surface area contributed by atoms with Crippen LogP contribution < -0.4 is 0 Å². The van der Waals surface area contributed by atoms with Gasteiger partial charge in [-0.15, -0.1) is 15.3 Å². The summed E-state index contributed by atoms with van der Waals surface area (Å²) in [5, 5.41) is 0.